The number of amides is 3. The fourth-order valence-electron chi connectivity index (χ4n) is 4.42. The number of phenolic OH excluding ortho intramolecular Hbond substituents is 1. The van der Waals surface area contributed by atoms with Crippen LogP contribution in [0, 0.1) is 0 Å². The van der Waals surface area contributed by atoms with Gasteiger partial charge < -0.3 is 49.1 Å². The largest absolute Gasteiger partial charge is 0.508 e. The maximum Gasteiger partial charge on any atom is 0.326 e. The van der Waals surface area contributed by atoms with Crippen LogP contribution in [-0.2, 0) is 32.0 Å². The number of aromatic hydroxyl groups is 1. The lowest BCUT2D eigenvalue weighted by atomic mass is 10.0. The summed E-state index contributed by atoms with van der Waals surface area (Å²) in [6.45, 7) is 1.95. The van der Waals surface area contributed by atoms with Crippen molar-refractivity contribution in [3.63, 3.8) is 0 Å². The van der Waals surface area contributed by atoms with Crippen molar-refractivity contribution in [2.75, 3.05) is 6.54 Å². The molecule has 244 valence electrons. The average molecular weight is 626 g/mol. The van der Waals surface area contributed by atoms with E-state index in [2.05, 4.69) is 25.9 Å². The van der Waals surface area contributed by atoms with Gasteiger partial charge in [-0.25, -0.2) is 9.79 Å². The molecule has 0 fully saturated rings. The van der Waals surface area contributed by atoms with Gasteiger partial charge in [0, 0.05) is 19.4 Å². The number of carbonyl (C=O) groups excluding carboxylic acids is 3. The van der Waals surface area contributed by atoms with Crippen LogP contribution in [-0.4, -0.2) is 76.5 Å². The highest BCUT2D eigenvalue weighted by Gasteiger charge is 2.31. The Labute approximate surface area is 261 Å². The summed E-state index contributed by atoms with van der Waals surface area (Å²) < 4.78 is 0. The number of carbonyl (C=O) groups is 4. The highest BCUT2D eigenvalue weighted by Crippen LogP contribution is 2.14. The van der Waals surface area contributed by atoms with Gasteiger partial charge in [0.15, 0.2) is 11.9 Å². The topological polar surface area (TPSA) is 274 Å². The van der Waals surface area contributed by atoms with Crippen LogP contribution in [0.1, 0.15) is 43.7 Å². The van der Waals surface area contributed by atoms with Crippen molar-refractivity contribution in [2.45, 2.75) is 69.6 Å². The molecule has 0 bridgehead atoms. The number of benzene rings is 2. The van der Waals surface area contributed by atoms with E-state index in [0.29, 0.717) is 12.0 Å². The van der Waals surface area contributed by atoms with E-state index in [1.165, 1.54) is 12.1 Å². The molecule has 15 nitrogen and oxygen atoms in total. The Morgan fingerprint density at radius 3 is 1.89 bits per heavy atom. The van der Waals surface area contributed by atoms with Gasteiger partial charge in [0.05, 0.1) is 0 Å². The lowest BCUT2D eigenvalue weighted by Gasteiger charge is -2.25. The van der Waals surface area contributed by atoms with Crippen molar-refractivity contribution in [3.8, 4) is 5.75 Å². The molecule has 0 saturated carbocycles. The van der Waals surface area contributed by atoms with Gasteiger partial charge in [-0.3, -0.25) is 19.4 Å². The van der Waals surface area contributed by atoms with E-state index >= 15 is 0 Å². The van der Waals surface area contributed by atoms with Crippen LogP contribution >= 0.6 is 0 Å². The first kappa shape index (κ1) is 35.9. The van der Waals surface area contributed by atoms with Crippen LogP contribution in [0.25, 0.3) is 0 Å². The average Bonchev–Trinajstić information content (AvgIpc) is 2.98. The number of hydrogen-bond acceptors (Lipinski definition) is 7. The molecular formula is C30H43N9O6. The first-order valence-electron chi connectivity index (χ1n) is 14.5. The van der Waals surface area contributed by atoms with Crippen molar-refractivity contribution >= 4 is 35.6 Å². The van der Waals surface area contributed by atoms with Crippen LogP contribution in [0.15, 0.2) is 64.6 Å². The maximum absolute atomic E-state index is 13.7. The molecule has 2 rings (SSSR count). The number of carboxylic acids is 1. The monoisotopic (exact) mass is 625 g/mol. The SMILES string of the molecule is CCC[C@H](NC(=O)[C@H](Cc1ccccc1)NC(=O)[C@@H](CCCN=C(N)N)NC(=O)[C@H](Cc1ccc(O)cc1)N=C(N)N)C(=O)O. The fraction of sp³-hybridized carbons (Fsp3) is 0.400. The number of rotatable bonds is 18. The number of nitrogens with one attached hydrogen (secondary N) is 3. The molecule has 15 heteroatoms. The Balaban J connectivity index is 2.33. The van der Waals surface area contributed by atoms with E-state index in [-0.39, 0.29) is 56.3 Å². The summed E-state index contributed by atoms with van der Waals surface area (Å²) in [5.74, 6) is -3.69. The molecule has 0 radical (unpaired) electrons. The van der Waals surface area contributed by atoms with E-state index < -0.39 is 47.9 Å². The Bertz CT molecular complexity index is 1330. The van der Waals surface area contributed by atoms with Crippen LogP contribution in [0.4, 0.5) is 0 Å². The van der Waals surface area contributed by atoms with Gasteiger partial charge in [-0.15, -0.1) is 0 Å². The quantitative estimate of drug-likeness (QED) is 0.0565. The van der Waals surface area contributed by atoms with Gasteiger partial charge in [-0.2, -0.15) is 0 Å². The number of guanidine groups is 2. The zero-order valence-corrected chi connectivity index (χ0v) is 25.2. The minimum atomic E-state index is -1.20. The van der Waals surface area contributed by atoms with E-state index in [1.807, 2.05) is 0 Å². The zero-order chi connectivity index (χ0) is 33.4. The van der Waals surface area contributed by atoms with Gasteiger partial charge in [0.2, 0.25) is 17.7 Å². The normalized spacial score (nSPS) is 13.3. The van der Waals surface area contributed by atoms with Crippen molar-refractivity contribution < 1.29 is 29.4 Å². The van der Waals surface area contributed by atoms with Crippen LogP contribution in [0.2, 0.25) is 0 Å². The molecule has 0 aliphatic rings. The third-order valence-corrected chi connectivity index (χ3v) is 6.66. The molecule has 0 aliphatic heterocycles. The minimum absolute atomic E-state index is 0.0394. The Morgan fingerprint density at radius 1 is 0.733 bits per heavy atom. The van der Waals surface area contributed by atoms with E-state index in [4.69, 9.17) is 22.9 Å². The number of phenols is 1. The molecule has 3 amide bonds. The summed E-state index contributed by atoms with van der Waals surface area (Å²) in [6, 6.07) is 10.4. The van der Waals surface area contributed by atoms with Crippen LogP contribution in [0.5, 0.6) is 5.75 Å². The second-order valence-electron chi connectivity index (χ2n) is 10.4. The second kappa shape index (κ2) is 18.4. The van der Waals surface area contributed by atoms with Crippen molar-refractivity contribution in [1.29, 1.82) is 0 Å². The second-order valence-corrected chi connectivity index (χ2v) is 10.4. The van der Waals surface area contributed by atoms with Crippen molar-refractivity contribution in [2.24, 2.45) is 32.9 Å². The summed E-state index contributed by atoms with van der Waals surface area (Å²) in [5.41, 5.74) is 23.4. The molecule has 0 spiro atoms. The molecule has 2 aromatic carbocycles. The molecule has 0 aliphatic carbocycles. The van der Waals surface area contributed by atoms with E-state index in [0.717, 1.165) is 5.56 Å². The van der Waals surface area contributed by atoms with Crippen LogP contribution < -0.4 is 38.9 Å². The lowest BCUT2D eigenvalue weighted by molar-refractivity contribution is -0.142. The van der Waals surface area contributed by atoms with E-state index in [1.54, 1.807) is 49.4 Å². The first-order valence-corrected chi connectivity index (χ1v) is 14.5. The Kier molecular flexibility index (Phi) is 14.6. The predicted molar refractivity (Wildman–Crippen MR) is 170 cm³/mol. The number of aliphatic imine (C=N–C) groups is 2. The molecule has 0 heterocycles. The summed E-state index contributed by atoms with van der Waals surface area (Å²) in [5, 5.41) is 27.0. The molecule has 0 aromatic heterocycles. The number of carboxylic acid groups (broad SMARTS) is 1. The van der Waals surface area contributed by atoms with Crippen LogP contribution in [0.3, 0.4) is 0 Å². The molecule has 13 N–H and O–H groups in total. The van der Waals surface area contributed by atoms with Gasteiger partial charge in [-0.1, -0.05) is 55.8 Å². The van der Waals surface area contributed by atoms with Gasteiger partial charge in [0.25, 0.3) is 0 Å². The smallest absolute Gasteiger partial charge is 0.326 e. The Morgan fingerprint density at radius 2 is 1.31 bits per heavy atom. The molecule has 45 heavy (non-hydrogen) atoms. The van der Waals surface area contributed by atoms with Crippen molar-refractivity contribution in [3.05, 3.63) is 65.7 Å². The fourth-order valence-corrected chi connectivity index (χ4v) is 4.42. The number of nitrogens with zero attached hydrogens (tertiary/aromatic N) is 2. The zero-order valence-electron chi connectivity index (χ0n) is 25.2. The highest BCUT2D eigenvalue weighted by molar-refractivity contribution is 5.95. The number of aliphatic carboxylic acids is 1. The maximum atomic E-state index is 13.7. The van der Waals surface area contributed by atoms with Gasteiger partial charge in [0.1, 0.15) is 29.9 Å². The third kappa shape index (κ3) is 13.2. The number of nitrogens with two attached hydrogens (primary N) is 4. The molecule has 0 saturated heterocycles. The predicted octanol–water partition coefficient (Wildman–Crippen LogP) is -0.788. The third-order valence-electron chi connectivity index (χ3n) is 6.66. The molecule has 4 atom stereocenters. The molecular weight excluding hydrogens is 582 g/mol. The molecule has 2 aromatic rings. The van der Waals surface area contributed by atoms with E-state index in [9.17, 15) is 29.4 Å². The van der Waals surface area contributed by atoms with Gasteiger partial charge in [-0.05, 0) is 42.5 Å². The standard InChI is InChI=1S/C30H43N9O6/c1-2-7-22(28(44)45)37-26(42)23(16-18-8-4-3-5-9-18)38-25(41)21(10-6-15-35-29(31)32)36-27(43)24(39-30(33)34)17-19-11-13-20(40)14-12-19/h3-5,8-9,11-14,21-24,40H,2,6-7,10,15-17H2,1H3,(H,36,43)(H,37,42)(H,38,41)(H,44,45)(H4,31,32,35)(H4,33,34,39)/t21-,22+,23+,24+/m1/s1. The number of hydrogen-bond donors (Lipinski definition) is 9. The molecule has 0 unspecified atom stereocenters. The summed E-state index contributed by atoms with van der Waals surface area (Å²) in [6.07, 6.45) is 1.19. The summed E-state index contributed by atoms with van der Waals surface area (Å²) in [7, 11) is 0. The van der Waals surface area contributed by atoms with Crippen molar-refractivity contribution in [1.82, 2.24) is 16.0 Å². The minimum Gasteiger partial charge on any atom is -0.508 e. The summed E-state index contributed by atoms with van der Waals surface area (Å²) in [4.78, 5) is 60.1. The lowest BCUT2D eigenvalue weighted by Crippen LogP contribution is -2.57. The highest BCUT2D eigenvalue weighted by atomic mass is 16.4. The Hall–Kier alpha value is -5.34. The summed E-state index contributed by atoms with van der Waals surface area (Å²) >= 11 is 0. The first-order chi connectivity index (χ1) is 21.4. The van der Waals surface area contributed by atoms with Gasteiger partial charge >= 0.3 is 5.97 Å².